The molecule has 0 atom stereocenters. The highest BCUT2D eigenvalue weighted by molar-refractivity contribution is 7.88. The van der Waals surface area contributed by atoms with E-state index in [2.05, 4.69) is 0 Å². The number of non-ortho nitro benzene ring substituents is 1. The topological polar surface area (TPSA) is 101 Å². The monoisotopic (exact) mass is 339 g/mol. The fourth-order valence-electron chi connectivity index (χ4n) is 2.22. The molecule has 0 unspecified atom stereocenters. The van der Waals surface area contributed by atoms with Crippen LogP contribution in [0.4, 0.5) is 5.69 Å². The maximum Gasteiger partial charge on any atom is 0.269 e. The molecule has 1 aliphatic rings. The fraction of sp³-hybridized carbons (Fsp3) is 0.357. The van der Waals surface area contributed by atoms with Gasteiger partial charge in [-0.05, 0) is 23.8 Å². The average Bonchev–Trinajstić information content (AvgIpc) is 2.52. The molecule has 23 heavy (non-hydrogen) atoms. The molecular weight excluding hydrogens is 322 g/mol. The molecule has 1 amide bonds. The number of nitro benzene ring substituents is 1. The van der Waals surface area contributed by atoms with Crippen molar-refractivity contribution in [3.63, 3.8) is 0 Å². The Labute approximate surface area is 134 Å². The molecule has 0 N–H and O–H groups in total. The molecule has 0 aromatic heterocycles. The Morgan fingerprint density at radius 1 is 1.17 bits per heavy atom. The highest BCUT2D eigenvalue weighted by Crippen LogP contribution is 2.13. The first kappa shape index (κ1) is 17.1. The third-order valence-electron chi connectivity index (χ3n) is 3.54. The third-order valence-corrected chi connectivity index (χ3v) is 4.84. The third kappa shape index (κ3) is 4.60. The number of carbonyl (C=O) groups excluding carboxylic acids is 1. The summed E-state index contributed by atoms with van der Waals surface area (Å²) < 4.78 is 24.2. The van der Waals surface area contributed by atoms with Crippen molar-refractivity contribution in [1.82, 2.24) is 9.21 Å². The highest BCUT2D eigenvalue weighted by atomic mass is 32.2. The first-order valence-electron chi connectivity index (χ1n) is 6.94. The van der Waals surface area contributed by atoms with Gasteiger partial charge in [0, 0.05) is 44.4 Å². The van der Waals surface area contributed by atoms with Crippen molar-refractivity contribution in [1.29, 1.82) is 0 Å². The molecule has 0 radical (unpaired) electrons. The Morgan fingerprint density at radius 3 is 2.22 bits per heavy atom. The van der Waals surface area contributed by atoms with Crippen molar-refractivity contribution in [2.75, 3.05) is 32.4 Å². The van der Waals surface area contributed by atoms with Crippen LogP contribution in [-0.4, -0.2) is 60.9 Å². The zero-order chi connectivity index (χ0) is 17.0. The quantitative estimate of drug-likeness (QED) is 0.457. The SMILES string of the molecule is CS(=O)(=O)N1CCN(C(=O)/C=C/c2ccc([N+](=O)[O-])cc2)CC1. The normalized spacial score (nSPS) is 16.7. The smallest absolute Gasteiger partial charge is 0.269 e. The van der Waals surface area contributed by atoms with Crippen LogP contribution in [0, 0.1) is 10.1 Å². The van der Waals surface area contributed by atoms with Crippen molar-refractivity contribution < 1.29 is 18.1 Å². The molecule has 124 valence electrons. The predicted octanol–water partition coefficient (Wildman–Crippen LogP) is 0.712. The standard InChI is InChI=1S/C14H17N3O5S/c1-23(21,22)16-10-8-15(9-11-16)14(18)7-4-12-2-5-13(6-3-12)17(19)20/h2-7H,8-11H2,1H3/b7-4+. The van der Waals surface area contributed by atoms with Crippen LogP contribution in [0.2, 0.25) is 0 Å². The van der Waals surface area contributed by atoms with Crippen molar-refractivity contribution in [2.45, 2.75) is 0 Å². The molecule has 1 fully saturated rings. The summed E-state index contributed by atoms with van der Waals surface area (Å²) in [5.41, 5.74) is 0.670. The second-order valence-electron chi connectivity index (χ2n) is 5.17. The number of piperazine rings is 1. The zero-order valence-corrected chi connectivity index (χ0v) is 13.4. The van der Waals surface area contributed by atoms with Gasteiger partial charge in [-0.2, -0.15) is 4.31 Å². The van der Waals surface area contributed by atoms with Gasteiger partial charge < -0.3 is 4.90 Å². The summed E-state index contributed by atoms with van der Waals surface area (Å²) in [6.45, 7) is 1.26. The minimum atomic E-state index is -3.22. The second-order valence-corrected chi connectivity index (χ2v) is 7.15. The Hall–Kier alpha value is -2.26. The lowest BCUT2D eigenvalue weighted by Crippen LogP contribution is -2.49. The zero-order valence-electron chi connectivity index (χ0n) is 12.6. The van der Waals surface area contributed by atoms with Gasteiger partial charge in [-0.15, -0.1) is 0 Å². The van der Waals surface area contributed by atoms with E-state index in [4.69, 9.17) is 0 Å². The molecule has 9 heteroatoms. The minimum absolute atomic E-state index is 0.00891. The van der Waals surface area contributed by atoms with E-state index >= 15 is 0 Å². The van der Waals surface area contributed by atoms with Crippen LogP contribution < -0.4 is 0 Å². The number of rotatable bonds is 4. The lowest BCUT2D eigenvalue weighted by molar-refractivity contribution is -0.384. The Bertz CT molecular complexity index is 719. The maximum atomic E-state index is 12.1. The lowest BCUT2D eigenvalue weighted by Gasteiger charge is -2.32. The van der Waals surface area contributed by atoms with Gasteiger partial charge in [-0.3, -0.25) is 14.9 Å². The number of benzene rings is 1. The number of nitro groups is 1. The average molecular weight is 339 g/mol. The Morgan fingerprint density at radius 2 is 1.74 bits per heavy atom. The van der Waals surface area contributed by atoms with Crippen molar-refractivity contribution in [3.8, 4) is 0 Å². The second kappa shape index (κ2) is 6.88. The number of carbonyl (C=O) groups is 1. The van der Waals surface area contributed by atoms with Gasteiger partial charge in [0.1, 0.15) is 0 Å². The summed E-state index contributed by atoms with van der Waals surface area (Å²) in [6, 6.07) is 5.86. The number of amides is 1. The summed E-state index contributed by atoms with van der Waals surface area (Å²) >= 11 is 0. The summed E-state index contributed by atoms with van der Waals surface area (Å²) in [4.78, 5) is 23.7. The molecule has 1 saturated heterocycles. The Balaban J connectivity index is 1.93. The van der Waals surface area contributed by atoms with E-state index in [0.29, 0.717) is 18.7 Å². The van der Waals surface area contributed by atoms with E-state index < -0.39 is 14.9 Å². The summed E-state index contributed by atoms with van der Waals surface area (Å²) in [6.07, 6.45) is 4.12. The largest absolute Gasteiger partial charge is 0.337 e. The van der Waals surface area contributed by atoms with Crippen molar-refractivity contribution >= 4 is 27.7 Å². The van der Waals surface area contributed by atoms with Crippen LogP contribution in [0.25, 0.3) is 6.08 Å². The van der Waals surface area contributed by atoms with Gasteiger partial charge >= 0.3 is 0 Å². The number of hydrogen-bond donors (Lipinski definition) is 0. The van der Waals surface area contributed by atoms with E-state index in [0.717, 1.165) is 6.26 Å². The van der Waals surface area contributed by atoms with Crippen LogP contribution in [0.15, 0.2) is 30.3 Å². The van der Waals surface area contributed by atoms with Gasteiger partial charge in [-0.25, -0.2) is 8.42 Å². The molecule has 1 aromatic rings. The van der Waals surface area contributed by atoms with Crippen LogP contribution in [-0.2, 0) is 14.8 Å². The summed E-state index contributed by atoms with van der Waals surface area (Å²) in [5, 5.41) is 10.6. The number of nitrogens with zero attached hydrogens (tertiary/aromatic N) is 3. The van der Waals surface area contributed by atoms with E-state index in [1.807, 2.05) is 0 Å². The molecule has 0 aliphatic carbocycles. The fourth-order valence-corrected chi connectivity index (χ4v) is 3.05. The first-order chi connectivity index (χ1) is 10.8. The molecule has 1 aliphatic heterocycles. The minimum Gasteiger partial charge on any atom is -0.337 e. The van der Waals surface area contributed by atoms with Gasteiger partial charge in [-0.1, -0.05) is 0 Å². The van der Waals surface area contributed by atoms with Crippen LogP contribution in [0.5, 0.6) is 0 Å². The number of sulfonamides is 1. The van der Waals surface area contributed by atoms with E-state index in [1.165, 1.54) is 22.5 Å². The van der Waals surface area contributed by atoms with Gasteiger partial charge in [0.05, 0.1) is 11.2 Å². The van der Waals surface area contributed by atoms with E-state index in [-0.39, 0.29) is 24.7 Å². The predicted molar refractivity (Wildman–Crippen MR) is 85.1 cm³/mol. The summed E-state index contributed by atoms with van der Waals surface area (Å²) in [5.74, 6) is -0.212. The highest BCUT2D eigenvalue weighted by Gasteiger charge is 2.24. The van der Waals surface area contributed by atoms with Crippen LogP contribution >= 0.6 is 0 Å². The van der Waals surface area contributed by atoms with Crippen LogP contribution in [0.3, 0.4) is 0 Å². The Kier molecular flexibility index (Phi) is 5.12. The molecule has 2 rings (SSSR count). The van der Waals surface area contributed by atoms with Crippen molar-refractivity contribution in [3.05, 3.63) is 46.0 Å². The van der Waals surface area contributed by atoms with E-state index in [9.17, 15) is 23.3 Å². The molecule has 1 heterocycles. The summed E-state index contributed by atoms with van der Waals surface area (Å²) in [7, 11) is -3.22. The molecule has 0 spiro atoms. The first-order valence-corrected chi connectivity index (χ1v) is 8.79. The van der Waals surface area contributed by atoms with Crippen molar-refractivity contribution in [2.24, 2.45) is 0 Å². The molecule has 0 bridgehead atoms. The molecule has 8 nitrogen and oxygen atoms in total. The molecule has 1 aromatic carbocycles. The molecule has 0 saturated carbocycles. The van der Waals surface area contributed by atoms with Gasteiger partial charge in [0.15, 0.2) is 0 Å². The molecular formula is C14H17N3O5S. The lowest BCUT2D eigenvalue weighted by atomic mass is 10.2. The van der Waals surface area contributed by atoms with E-state index in [1.54, 1.807) is 23.1 Å². The van der Waals surface area contributed by atoms with Crippen LogP contribution in [0.1, 0.15) is 5.56 Å². The maximum absolute atomic E-state index is 12.1. The van der Waals surface area contributed by atoms with Gasteiger partial charge in [0.2, 0.25) is 15.9 Å². The number of hydrogen-bond acceptors (Lipinski definition) is 5. The van der Waals surface area contributed by atoms with Gasteiger partial charge in [0.25, 0.3) is 5.69 Å².